The van der Waals surface area contributed by atoms with E-state index in [4.69, 9.17) is 9.52 Å². The molecule has 1 aliphatic heterocycles. The normalized spacial score (nSPS) is 19.8. The van der Waals surface area contributed by atoms with Gasteiger partial charge in [0.2, 0.25) is 0 Å². The van der Waals surface area contributed by atoms with Crippen LogP contribution in [0.2, 0.25) is 0 Å². The maximum absolute atomic E-state index is 12.3. The van der Waals surface area contributed by atoms with E-state index >= 15 is 0 Å². The zero-order valence-corrected chi connectivity index (χ0v) is 10.4. The molecule has 0 aromatic carbocycles. The van der Waals surface area contributed by atoms with E-state index in [0.29, 0.717) is 37.3 Å². The van der Waals surface area contributed by atoms with Crippen LogP contribution in [0, 0.1) is 5.92 Å². The molecule has 1 amide bonds. The second-order valence-corrected chi connectivity index (χ2v) is 4.54. The quantitative estimate of drug-likeness (QED) is 0.888. The standard InChI is InChI=1S/C13H17NO4/c1-2-11-10(5-7-18-11)12(15)14-6-3-4-9(8-14)13(16)17/h5,7,9H,2-4,6,8H2,1H3,(H,16,17)/t9-/m1/s1. The van der Waals surface area contributed by atoms with Gasteiger partial charge in [0.25, 0.3) is 5.91 Å². The molecule has 5 heteroatoms. The molecule has 98 valence electrons. The number of aryl methyl sites for hydroxylation is 1. The Labute approximate surface area is 105 Å². The first-order chi connectivity index (χ1) is 8.63. The SMILES string of the molecule is CCc1occc1C(=O)N1CCC[C@@H](C(=O)O)C1. The molecule has 1 N–H and O–H groups in total. The van der Waals surface area contributed by atoms with Gasteiger partial charge in [-0.1, -0.05) is 6.92 Å². The smallest absolute Gasteiger partial charge is 0.308 e. The van der Waals surface area contributed by atoms with Gasteiger partial charge in [-0.3, -0.25) is 9.59 Å². The summed E-state index contributed by atoms with van der Waals surface area (Å²) in [6.07, 6.45) is 3.54. The molecule has 1 atom stereocenters. The lowest BCUT2D eigenvalue weighted by molar-refractivity contribution is -0.143. The average Bonchev–Trinajstić information content (AvgIpc) is 2.86. The van der Waals surface area contributed by atoms with Gasteiger partial charge in [-0.25, -0.2) is 0 Å². The number of aliphatic carboxylic acids is 1. The number of carbonyl (C=O) groups excluding carboxylic acids is 1. The largest absolute Gasteiger partial charge is 0.481 e. The van der Waals surface area contributed by atoms with Crippen LogP contribution in [0.25, 0.3) is 0 Å². The highest BCUT2D eigenvalue weighted by Gasteiger charge is 2.29. The number of nitrogens with zero attached hydrogens (tertiary/aromatic N) is 1. The fourth-order valence-electron chi connectivity index (χ4n) is 2.34. The third-order valence-electron chi connectivity index (χ3n) is 3.35. The topological polar surface area (TPSA) is 70.8 Å². The maximum atomic E-state index is 12.3. The second-order valence-electron chi connectivity index (χ2n) is 4.54. The summed E-state index contributed by atoms with van der Waals surface area (Å²) in [6.45, 7) is 2.84. The molecule has 18 heavy (non-hydrogen) atoms. The Morgan fingerprint density at radius 3 is 3.00 bits per heavy atom. The van der Waals surface area contributed by atoms with Crippen molar-refractivity contribution in [3.05, 3.63) is 23.7 Å². The van der Waals surface area contributed by atoms with E-state index in [1.165, 1.54) is 6.26 Å². The van der Waals surface area contributed by atoms with Crippen molar-refractivity contribution in [2.75, 3.05) is 13.1 Å². The van der Waals surface area contributed by atoms with E-state index in [-0.39, 0.29) is 5.91 Å². The van der Waals surface area contributed by atoms with Crippen molar-refractivity contribution >= 4 is 11.9 Å². The first-order valence-corrected chi connectivity index (χ1v) is 6.22. The van der Waals surface area contributed by atoms with Gasteiger partial charge in [0, 0.05) is 19.5 Å². The summed E-state index contributed by atoms with van der Waals surface area (Å²) < 4.78 is 5.24. The Morgan fingerprint density at radius 2 is 2.33 bits per heavy atom. The van der Waals surface area contributed by atoms with Crippen molar-refractivity contribution in [1.82, 2.24) is 4.90 Å². The van der Waals surface area contributed by atoms with Gasteiger partial charge in [-0.15, -0.1) is 0 Å². The molecule has 0 radical (unpaired) electrons. The van der Waals surface area contributed by atoms with Gasteiger partial charge < -0.3 is 14.4 Å². The molecule has 1 aromatic rings. The summed E-state index contributed by atoms with van der Waals surface area (Å²) in [6, 6.07) is 1.66. The Balaban J connectivity index is 2.11. The van der Waals surface area contributed by atoms with Gasteiger partial charge in [-0.05, 0) is 18.9 Å². The van der Waals surface area contributed by atoms with Crippen molar-refractivity contribution in [3.8, 4) is 0 Å². The Hall–Kier alpha value is -1.78. The van der Waals surface area contributed by atoms with Crippen molar-refractivity contribution in [2.45, 2.75) is 26.2 Å². The van der Waals surface area contributed by atoms with Gasteiger partial charge in [0.1, 0.15) is 5.76 Å². The fourth-order valence-corrected chi connectivity index (χ4v) is 2.34. The summed E-state index contributed by atoms with van der Waals surface area (Å²) in [7, 11) is 0. The minimum atomic E-state index is -0.824. The van der Waals surface area contributed by atoms with Crippen LogP contribution in [0.15, 0.2) is 16.7 Å². The molecule has 2 heterocycles. The zero-order valence-electron chi connectivity index (χ0n) is 10.4. The fraction of sp³-hybridized carbons (Fsp3) is 0.538. The summed E-state index contributed by atoms with van der Waals surface area (Å²) in [4.78, 5) is 24.9. The highest BCUT2D eigenvalue weighted by atomic mass is 16.4. The van der Waals surface area contributed by atoms with Crippen LogP contribution in [-0.4, -0.2) is 35.0 Å². The van der Waals surface area contributed by atoms with Crippen LogP contribution in [0.3, 0.4) is 0 Å². The van der Waals surface area contributed by atoms with Gasteiger partial charge in [0.05, 0.1) is 17.7 Å². The zero-order chi connectivity index (χ0) is 13.1. The van der Waals surface area contributed by atoms with E-state index < -0.39 is 11.9 Å². The number of likely N-dealkylation sites (tertiary alicyclic amines) is 1. The predicted octanol–water partition coefficient (Wildman–Crippen LogP) is 1.78. The summed E-state index contributed by atoms with van der Waals surface area (Å²) in [5.41, 5.74) is 0.559. The molecule has 2 rings (SSSR count). The van der Waals surface area contributed by atoms with Gasteiger partial charge >= 0.3 is 5.97 Å². The van der Waals surface area contributed by atoms with Crippen LogP contribution >= 0.6 is 0 Å². The highest BCUT2D eigenvalue weighted by Crippen LogP contribution is 2.21. The molecule has 0 aliphatic carbocycles. The van der Waals surface area contributed by atoms with E-state index in [2.05, 4.69) is 0 Å². The molecule has 1 fully saturated rings. The van der Waals surface area contributed by atoms with E-state index in [0.717, 1.165) is 6.42 Å². The summed E-state index contributed by atoms with van der Waals surface area (Å²) in [5, 5.41) is 9.01. The number of rotatable bonds is 3. The number of carbonyl (C=O) groups is 2. The molecule has 1 saturated heterocycles. The third kappa shape index (κ3) is 2.39. The first kappa shape index (κ1) is 12.7. The number of piperidine rings is 1. The molecule has 0 spiro atoms. The van der Waals surface area contributed by atoms with E-state index in [1.54, 1.807) is 11.0 Å². The van der Waals surface area contributed by atoms with Crippen molar-refractivity contribution in [3.63, 3.8) is 0 Å². The number of furan rings is 1. The third-order valence-corrected chi connectivity index (χ3v) is 3.35. The minimum Gasteiger partial charge on any atom is -0.481 e. The maximum Gasteiger partial charge on any atom is 0.308 e. The Bertz CT molecular complexity index is 452. The molecule has 5 nitrogen and oxygen atoms in total. The first-order valence-electron chi connectivity index (χ1n) is 6.22. The van der Waals surface area contributed by atoms with Gasteiger partial charge in [0.15, 0.2) is 0 Å². The van der Waals surface area contributed by atoms with Crippen molar-refractivity contribution in [2.24, 2.45) is 5.92 Å². The Morgan fingerprint density at radius 1 is 1.56 bits per heavy atom. The summed E-state index contributed by atoms with van der Waals surface area (Å²) in [5.74, 6) is -0.723. The van der Waals surface area contributed by atoms with Crippen LogP contribution < -0.4 is 0 Å². The number of hydrogen-bond acceptors (Lipinski definition) is 3. The molecule has 0 saturated carbocycles. The summed E-state index contributed by atoms with van der Waals surface area (Å²) >= 11 is 0. The van der Waals surface area contributed by atoms with E-state index in [1.807, 2.05) is 6.92 Å². The lowest BCUT2D eigenvalue weighted by atomic mass is 9.97. The van der Waals surface area contributed by atoms with Crippen molar-refractivity contribution in [1.29, 1.82) is 0 Å². The molecule has 1 aliphatic rings. The number of hydrogen-bond donors (Lipinski definition) is 1. The lowest BCUT2D eigenvalue weighted by Crippen LogP contribution is -2.42. The number of amides is 1. The van der Waals surface area contributed by atoms with Crippen LogP contribution in [0.1, 0.15) is 35.9 Å². The number of carboxylic acids is 1. The lowest BCUT2D eigenvalue weighted by Gasteiger charge is -2.30. The number of carboxylic acid groups (broad SMARTS) is 1. The highest BCUT2D eigenvalue weighted by molar-refractivity contribution is 5.95. The molecular weight excluding hydrogens is 234 g/mol. The monoisotopic (exact) mass is 251 g/mol. The molecule has 0 unspecified atom stereocenters. The molecule has 1 aromatic heterocycles. The average molecular weight is 251 g/mol. The predicted molar refractivity (Wildman–Crippen MR) is 64.3 cm³/mol. The van der Waals surface area contributed by atoms with Crippen LogP contribution in [-0.2, 0) is 11.2 Å². The molecular formula is C13H17NO4. The van der Waals surface area contributed by atoms with Crippen LogP contribution in [0.5, 0.6) is 0 Å². The molecule has 0 bridgehead atoms. The second kappa shape index (κ2) is 5.25. The Kier molecular flexibility index (Phi) is 3.69. The van der Waals surface area contributed by atoms with E-state index in [9.17, 15) is 9.59 Å². The van der Waals surface area contributed by atoms with Crippen molar-refractivity contribution < 1.29 is 19.1 Å². The van der Waals surface area contributed by atoms with Gasteiger partial charge in [-0.2, -0.15) is 0 Å². The van der Waals surface area contributed by atoms with Crippen LogP contribution in [0.4, 0.5) is 0 Å². The minimum absolute atomic E-state index is 0.119.